The molecule has 0 aliphatic heterocycles. The molecule has 2 amide bonds. The Kier molecular flexibility index (Phi) is 5.59. The third-order valence-electron chi connectivity index (χ3n) is 2.18. The maximum absolute atomic E-state index is 13.5. The van der Waals surface area contributed by atoms with Crippen molar-refractivity contribution in [2.45, 2.75) is 0 Å². The average Bonchev–Trinajstić information content (AvgIpc) is 2.31. The topological polar surface area (TPSA) is 107 Å². The van der Waals surface area contributed by atoms with E-state index in [1.807, 2.05) is 0 Å². The number of halogens is 3. The van der Waals surface area contributed by atoms with Gasteiger partial charge in [-0.15, -0.1) is 0 Å². The van der Waals surface area contributed by atoms with Gasteiger partial charge in [-0.25, -0.2) is 13.6 Å². The second-order valence-electron chi connectivity index (χ2n) is 3.82. The van der Waals surface area contributed by atoms with Crippen LogP contribution < -0.4 is 5.32 Å². The molecular weight excluding hydrogens is 358 g/mol. The van der Waals surface area contributed by atoms with Crippen molar-refractivity contribution in [1.82, 2.24) is 4.90 Å². The summed E-state index contributed by atoms with van der Waals surface area (Å²) in [5.41, 5.74) is -0.802. The molecule has 0 radical (unpaired) electrons. The van der Waals surface area contributed by atoms with Crippen molar-refractivity contribution in [3.05, 3.63) is 28.2 Å². The zero-order chi connectivity index (χ0) is 16.2. The molecule has 1 aromatic carbocycles. The third kappa shape index (κ3) is 4.99. The van der Waals surface area contributed by atoms with E-state index in [0.29, 0.717) is 4.90 Å². The summed E-state index contributed by atoms with van der Waals surface area (Å²) >= 11 is 2.85. The van der Waals surface area contributed by atoms with Gasteiger partial charge in [-0.1, -0.05) is 15.9 Å². The molecule has 7 nitrogen and oxygen atoms in total. The van der Waals surface area contributed by atoms with Crippen LogP contribution in [0, 0.1) is 11.6 Å². The number of rotatable bonds is 5. The second kappa shape index (κ2) is 6.97. The molecule has 0 heterocycles. The van der Waals surface area contributed by atoms with Crippen LogP contribution in [0.3, 0.4) is 0 Å². The molecule has 0 saturated carbocycles. The van der Waals surface area contributed by atoms with Crippen molar-refractivity contribution in [2.75, 3.05) is 18.4 Å². The van der Waals surface area contributed by atoms with Gasteiger partial charge in [-0.2, -0.15) is 0 Å². The summed E-state index contributed by atoms with van der Waals surface area (Å²) in [6.45, 7) is -1.87. The summed E-state index contributed by atoms with van der Waals surface area (Å²) in [5, 5.41) is 19.0. The maximum Gasteiger partial charge on any atom is 0.323 e. The van der Waals surface area contributed by atoms with Gasteiger partial charge in [0, 0.05) is 4.47 Å². The standard InChI is InChI=1S/C11H9BrF2N2O5/c12-5-1-6(13)10(7(14)2-5)15-11(21)16(3-8(17)18)4-9(19)20/h1-2H,3-4H2,(H,15,21)(H,17,18)(H,19,20). The lowest BCUT2D eigenvalue weighted by atomic mass is 10.3. The number of hydrogen-bond acceptors (Lipinski definition) is 3. The van der Waals surface area contributed by atoms with Crippen LogP contribution in [0.4, 0.5) is 19.3 Å². The van der Waals surface area contributed by atoms with Gasteiger partial charge in [0.1, 0.15) is 18.8 Å². The zero-order valence-electron chi connectivity index (χ0n) is 10.3. The molecule has 3 N–H and O–H groups in total. The van der Waals surface area contributed by atoms with Crippen LogP contribution >= 0.6 is 15.9 Å². The van der Waals surface area contributed by atoms with E-state index < -0.39 is 48.4 Å². The summed E-state index contributed by atoms with van der Waals surface area (Å²) in [7, 11) is 0. The van der Waals surface area contributed by atoms with Crippen molar-refractivity contribution >= 4 is 39.6 Å². The van der Waals surface area contributed by atoms with Crippen molar-refractivity contribution in [3.63, 3.8) is 0 Å². The number of aliphatic carboxylic acids is 2. The van der Waals surface area contributed by atoms with Gasteiger partial charge in [-0.3, -0.25) is 9.59 Å². The monoisotopic (exact) mass is 366 g/mol. The van der Waals surface area contributed by atoms with E-state index in [1.165, 1.54) is 0 Å². The van der Waals surface area contributed by atoms with Gasteiger partial charge in [-0.05, 0) is 12.1 Å². The fraction of sp³-hybridized carbons (Fsp3) is 0.182. The summed E-state index contributed by atoms with van der Waals surface area (Å²) in [4.78, 5) is 33.2. The third-order valence-corrected chi connectivity index (χ3v) is 2.64. The van der Waals surface area contributed by atoms with E-state index in [-0.39, 0.29) is 4.47 Å². The minimum atomic E-state index is -1.47. The lowest BCUT2D eigenvalue weighted by molar-refractivity contribution is -0.140. The van der Waals surface area contributed by atoms with E-state index in [0.717, 1.165) is 12.1 Å². The van der Waals surface area contributed by atoms with E-state index in [9.17, 15) is 23.2 Å². The predicted molar refractivity (Wildman–Crippen MR) is 69.9 cm³/mol. The van der Waals surface area contributed by atoms with Gasteiger partial charge in [0.15, 0.2) is 11.6 Å². The molecule has 1 aromatic rings. The van der Waals surface area contributed by atoms with Crippen LogP contribution in [0.25, 0.3) is 0 Å². The highest BCUT2D eigenvalue weighted by atomic mass is 79.9. The summed E-state index contributed by atoms with van der Waals surface area (Å²) in [6, 6.07) is 0.523. The Hall–Kier alpha value is -2.23. The van der Waals surface area contributed by atoms with Crippen molar-refractivity contribution in [2.24, 2.45) is 0 Å². The van der Waals surface area contributed by atoms with Crippen molar-refractivity contribution in [1.29, 1.82) is 0 Å². The molecule has 0 saturated heterocycles. The summed E-state index contributed by atoms with van der Waals surface area (Å²) < 4.78 is 27.1. The molecule has 0 spiro atoms. The normalized spacial score (nSPS) is 10.0. The SMILES string of the molecule is O=C(O)CN(CC(=O)O)C(=O)Nc1c(F)cc(Br)cc1F. The molecule has 21 heavy (non-hydrogen) atoms. The highest BCUT2D eigenvalue weighted by molar-refractivity contribution is 9.10. The number of carbonyl (C=O) groups excluding carboxylic acids is 1. The number of amides is 2. The Morgan fingerprint density at radius 3 is 1.90 bits per heavy atom. The number of nitrogens with one attached hydrogen (secondary N) is 1. The minimum Gasteiger partial charge on any atom is -0.480 e. The van der Waals surface area contributed by atoms with Gasteiger partial charge in [0.25, 0.3) is 0 Å². The van der Waals surface area contributed by atoms with Crippen molar-refractivity contribution in [3.8, 4) is 0 Å². The first-order valence-corrected chi connectivity index (χ1v) is 6.14. The second-order valence-corrected chi connectivity index (χ2v) is 4.73. The quantitative estimate of drug-likeness (QED) is 0.735. The zero-order valence-corrected chi connectivity index (χ0v) is 11.9. The first-order chi connectivity index (χ1) is 9.70. The van der Waals surface area contributed by atoms with Gasteiger partial charge in [0.05, 0.1) is 0 Å². The van der Waals surface area contributed by atoms with E-state index >= 15 is 0 Å². The first kappa shape index (κ1) is 16.8. The Balaban J connectivity index is 2.96. The highest BCUT2D eigenvalue weighted by Gasteiger charge is 2.22. The molecule has 0 aromatic heterocycles. The lowest BCUT2D eigenvalue weighted by Gasteiger charge is -2.19. The molecule has 0 fully saturated rings. The predicted octanol–water partition coefficient (Wildman–Crippen LogP) is 1.73. The molecule has 0 aliphatic carbocycles. The molecule has 10 heteroatoms. The van der Waals surface area contributed by atoms with Crippen LogP contribution in [0.2, 0.25) is 0 Å². The molecule has 0 bridgehead atoms. The number of carbonyl (C=O) groups is 3. The molecule has 0 aliphatic rings. The van der Waals surface area contributed by atoms with Crippen molar-refractivity contribution < 1.29 is 33.4 Å². The molecular formula is C11H9BrF2N2O5. The van der Waals surface area contributed by atoms with Crippen LogP contribution in [-0.4, -0.2) is 46.2 Å². The van der Waals surface area contributed by atoms with Crippen LogP contribution in [0.5, 0.6) is 0 Å². The molecule has 0 unspecified atom stereocenters. The molecule has 1 rings (SSSR count). The molecule has 0 atom stereocenters. The van der Waals surface area contributed by atoms with Crippen LogP contribution in [-0.2, 0) is 9.59 Å². The summed E-state index contributed by atoms with van der Waals surface area (Å²) in [6.07, 6.45) is 0. The largest absolute Gasteiger partial charge is 0.480 e. The Morgan fingerprint density at radius 1 is 1.10 bits per heavy atom. The Labute approximate surface area is 125 Å². The van der Waals surface area contributed by atoms with Gasteiger partial charge < -0.3 is 20.4 Å². The Bertz CT molecular complexity index is 557. The highest BCUT2D eigenvalue weighted by Crippen LogP contribution is 2.24. The number of carboxylic acid groups (broad SMARTS) is 2. The molecule has 114 valence electrons. The number of carboxylic acids is 2. The number of nitrogens with zero attached hydrogens (tertiary/aromatic N) is 1. The van der Waals surface area contributed by atoms with E-state index in [2.05, 4.69) is 15.9 Å². The average molecular weight is 367 g/mol. The number of hydrogen-bond donors (Lipinski definition) is 3. The van der Waals surface area contributed by atoms with Gasteiger partial charge >= 0.3 is 18.0 Å². The number of anilines is 1. The Morgan fingerprint density at radius 2 is 1.52 bits per heavy atom. The fourth-order valence-corrected chi connectivity index (χ4v) is 1.78. The smallest absolute Gasteiger partial charge is 0.323 e. The van der Waals surface area contributed by atoms with Gasteiger partial charge in [0.2, 0.25) is 0 Å². The number of benzene rings is 1. The maximum atomic E-state index is 13.5. The lowest BCUT2D eigenvalue weighted by Crippen LogP contribution is -2.42. The number of urea groups is 1. The van der Waals surface area contributed by atoms with Crippen LogP contribution in [0.15, 0.2) is 16.6 Å². The van der Waals surface area contributed by atoms with E-state index in [1.54, 1.807) is 5.32 Å². The summed E-state index contributed by atoms with van der Waals surface area (Å²) in [5.74, 6) is -5.13. The van der Waals surface area contributed by atoms with Crippen LogP contribution in [0.1, 0.15) is 0 Å². The minimum absolute atomic E-state index is 0.100. The van der Waals surface area contributed by atoms with E-state index in [4.69, 9.17) is 10.2 Å². The fourth-order valence-electron chi connectivity index (χ4n) is 1.37. The first-order valence-electron chi connectivity index (χ1n) is 5.34.